The van der Waals surface area contributed by atoms with E-state index in [1.165, 1.54) is 33.4 Å². The molecule has 2 aliphatic rings. The van der Waals surface area contributed by atoms with Crippen LogP contribution < -0.4 is 20.0 Å². The molecule has 3 heterocycles. The van der Waals surface area contributed by atoms with Crippen molar-refractivity contribution in [3.63, 3.8) is 0 Å². The number of hydrogen-bond acceptors (Lipinski definition) is 8. The van der Waals surface area contributed by atoms with Crippen LogP contribution in [0.15, 0.2) is 88.7 Å². The first-order valence-electron chi connectivity index (χ1n) is 14.1. The Kier molecular flexibility index (Phi) is 7.85. The van der Waals surface area contributed by atoms with Crippen molar-refractivity contribution >= 4 is 57.9 Å². The van der Waals surface area contributed by atoms with Crippen LogP contribution in [-0.2, 0) is 20.9 Å². The fourth-order valence-corrected chi connectivity index (χ4v) is 8.59. The van der Waals surface area contributed by atoms with Crippen molar-refractivity contribution in [1.82, 2.24) is 4.57 Å². The Bertz CT molecular complexity index is 1730. The highest BCUT2D eigenvalue weighted by Gasteiger charge is 2.56. The quantitative estimate of drug-likeness (QED) is 0.215. The number of hydrogen-bond donors (Lipinski definition) is 2. The second kappa shape index (κ2) is 11.7. The van der Waals surface area contributed by atoms with Crippen LogP contribution in [0.1, 0.15) is 30.2 Å². The molecule has 2 aliphatic heterocycles. The first-order valence-corrected chi connectivity index (χ1v) is 15.8. The smallest absolute Gasteiger partial charge is 0.308 e. The van der Waals surface area contributed by atoms with Gasteiger partial charge in [0.25, 0.3) is 0 Å². The number of aromatic nitrogens is 1. The average Bonchev–Trinajstić information content (AvgIpc) is 3.46. The van der Waals surface area contributed by atoms with Gasteiger partial charge in [0, 0.05) is 35.3 Å². The summed E-state index contributed by atoms with van der Waals surface area (Å²) >= 11 is 2.21. The van der Waals surface area contributed by atoms with Crippen LogP contribution in [0.4, 0.5) is 17.1 Å². The van der Waals surface area contributed by atoms with Crippen LogP contribution in [0.25, 0.3) is 0 Å². The first kappa shape index (κ1) is 28.8. The van der Waals surface area contributed by atoms with Crippen molar-refractivity contribution in [1.29, 1.82) is 0 Å². The molecule has 1 saturated heterocycles. The van der Waals surface area contributed by atoms with E-state index in [4.69, 9.17) is 0 Å². The molecule has 3 unspecified atom stereocenters. The minimum Gasteiger partial charge on any atom is -0.508 e. The maximum atomic E-state index is 14.0. The minimum atomic E-state index is -0.756. The second-order valence-electron chi connectivity index (χ2n) is 10.4. The van der Waals surface area contributed by atoms with Crippen molar-refractivity contribution in [2.45, 2.75) is 36.6 Å². The highest BCUT2D eigenvalue weighted by atomic mass is 32.2. The number of nitrogens with one attached hydrogen (secondary N) is 1. The van der Waals surface area contributed by atoms with E-state index in [9.17, 15) is 24.3 Å². The standard InChI is InChI=1S/C32H30N4O5S2/c1-3-34(4-2)21-14-10-19(11-15-21)25-26-27(30(40)36(29(26)39)22-8-6-5-7-9-22)42-31-28(25)43-32(41)35(31)18-24(38)33-20-12-16-23(37)17-13-20/h5-17,25-27,37H,3-4,18H2,1-2H3,(H,33,38). The van der Waals surface area contributed by atoms with Gasteiger partial charge in [-0.05, 0) is 67.9 Å². The lowest BCUT2D eigenvalue weighted by Crippen LogP contribution is -2.33. The molecule has 1 aromatic heterocycles. The number of carbonyl (C=O) groups excluding carboxylic acids is 3. The molecule has 0 aliphatic carbocycles. The number of fused-ring (bicyclic) bond motifs is 2. The van der Waals surface area contributed by atoms with E-state index in [-0.39, 0.29) is 29.0 Å². The molecule has 43 heavy (non-hydrogen) atoms. The molecule has 0 bridgehead atoms. The molecule has 3 aromatic carbocycles. The average molecular weight is 615 g/mol. The number of imide groups is 1. The van der Waals surface area contributed by atoms with Gasteiger partial charge in [0.15, 0.2) is 0 Å². The number of thioether (sulfide) groups is 1. The van der Waals surface area contributed by atoms with E-state index in [1.807, 2.05) is 30.3 Å². The number of rotatable bonds is 8. The monoisotopic (exact) mass is 614 g/mol. The molecule has 2 N–H and O–H groups in total. The third-order valence-electron chi connectivity index (χ3n) is 7.90. The second-order valence-corrected chi connectivity index (χ2v) is 12.5. The SMILES string of the molecule is CCN(CC)c1ccc(C2c3sc(=O)n(CC(=O)Nc4ccc(O)cc4)c3SC3C(=O)N(c4ccccc4)C(=O)C32)cc1. The molecular formula is C32H30N4O5S2. The molecule has 3 atom stereocenters. The summed E-state index contributed by atoms with van der Waals surface area (Å²) in [6.07, 6.45) is 0. The zero-order valence-corrected chi connectivity index (χ0v) is 25.2. The lowest BCUT2D eigenvalue weighted by Gasteiger charge is -2.31. The van der Waals surface area contributed by atoms with Gasteiger partial charge in [0.1, 0.15) is 17.5 Å². The molecule has 0 saturated carbocycles. The Morgan fingerprint density at radius 3 is 2.23 bits per heavy atom. The zero-order chi connectivity index (χ0) is 30.2. The number of carbonyl (C=O) groups is 3. The summed E-state index contributed by atoms with van der Waals surface area (Å²) < 4.78 is 1.40. The number of phenolic OH excluding ortho intramolecular Hbond substituents is 1. The number of para-hydroxylation sites is 1. The molecule has 0 spiro atoms. The summed E-state index contributed by atoms with van der Waals surface area (Å²) in [7, 11) is 0. The summed E-state index contributed by atoms with van der Waals surface area (Å²) in [5, 5.41) is 12.1. The van der Waals surface area contributed by atoms with Gasteiger partial charge in [-0.15, -0.1) is 0 Å². The van der Waals surface area contributed by atoms with Crippen LogP contribution >= 0.6 is 23.1 Å². The number of phenols is 1. The van der Waals surface area contributed by atoms with Gasteiger partial charge >= 0.3 is 4.87 Å². The summed E-state index contributed by atoms with van der Waals surface area (Å²) in [6.45, 7) is 5.62. The van der Waals surface area contributed by atoms with Gasteiger partial charge in [0.05, 0.1) is 16.6 Å². The number of benzene rings is 3. The normalized spacial score (nSPS) is 19.2. The Labute approximate surface area is 256 Å². The molecular weight excluding hydrogens is 585 g/mol. The van der Waals surface area contributed by atoms with E-state index in [1.54, 1.807) is 36.4 Å². The van der Waals surface area contributed by atoms with Gasteiger partial charge in [-0.3, -0.25) is 23.7 Å². The van der Waals surface area contributed by atoms with Crippen molar-refractivity contribution < 1.29 is 19.5 Å². The highest BCUT2D eigenvalue weighted by molar-refractivity contribution is 8.00. The number of nitrogens with zero attached hydrogens (tertiary/aromatic N) is 3. The third-order valence-corrected chi connectivity index (χ3v) is 10.5. The third kappa shape index (κ3) is 5.23. The van der Waals surface area contributed by atoms with Gasteiger partial charge in [-0.1, -0.05) is 53.4 Å². The predicted octanol–water partition coefficient (Wildman–Crippen LogP) is 4.90. The molecule has 220 valence electrons. The molecule has 11 heteroatoms. The Balaban J connectivity index is 1.40. The van der Waals surface area contributed by atoms with Crippen LogP contribution in [0, 0.1) is 5.92 Å². The minimum absolute atomic E-state index is 0.0728. The van der Waals surface area contributed by atoms with E-state index in [0.717, 1.165) is 35.7 Å². The van der Waals surface area contributed by atoms with E-state index in [0.29, 0.717) is 21.3 Å². The van der Waals surface area contributed by atoms with E-state index in [2.05, 4.69) is 24.1 Å². The fraction of sp³-hybridized carbons (Fsp3) is 0.250. The Morgan fingerprint density at radius 2 is 1.58 bits per heavy atom. The molecule has 4 aromatic rings. The molecule has 6 rings (SSSR count). The number of aromatic hydroxyl groups is 1. The zero-order valence-electron chi connectivity index (χ0n) is 23.6. The van der Waals surface area contributed by atoms with Crippen molar-refractivity contribution in [3.05, 3.63) is 99.0 Å². The Hall–Kier alpha value is -4.35. The fourth-order valence-electron chi connectivity index (χ4n) is 5.82. The summed E-state index contributed by atoms with van der Waals surface area (Å²) in [4.78, 5) is 58.1. The Morgan fingerprint density at radius 1 is 0.907 bits per heavy atom. The summed E-state index contributed by atoms with van der Waals surface area (Å²) in [5.41, 5.74) is 2.88. The maximum absolute atomic E-state index is 14.0. The predicted molar refractivity (Wildman–Crippen MR) is 169 cm³/mol. The van der Waals surface area contributed by atoms with Gasteiger partial charge in [0.2, 0.25) is 17.7 Å². The van der Waals surface area contributed by atoms with Crippen LogP contribution in [-0.4, -0.2) is 45.7 Å². The molecule has 9 nitrogen and oxygen atoms in total. The maximum Gasteiger partial charge on any atom is 0.308 e. The van der Waals surface area contributed by atoms with Crippen molar-refractivity contribution in [2.24, 2.45) is 5.92 Å². The molecule has 3 amide bonds. The van der Waals surface area contributed by atoms with Crippen LogP contribution in [0.2, 0.25) is 0 Å². The lowest BCUT2D eigenvalue weighted by atomic mass is 9.83. The van der Waals surface area contributed by atoms with Gasteiger partial charge in [-0.25, -0.2) is 4.90 Å². The number of amides is 3. The van der Waals surface area contributed by atoms with Crippen molar-refractivity contribution in [2.75, 3.05) is 28.2 Å². The van der Waals surface area contributed by atoms with Crippen LogP contribution in [0.5, 0.6) is 5.75 Å². The lowest BCUT2D eigenvalue weighted by molar-refractivity contribution is -0.122. The summed E-state index contributed by atoms with van der Waals surface area (Å²) in [6, 6.07) is 22.9. The number of thiazole rings is 1. The van der Waals surface area contributed by atoms with E-state index < -0.39 is 23.0 Å². The molecule has 1 fully saturated rings. The van der Waals surface area contributed by atoms with Crippen LogP contribution in [0.3, 0.4) is 0 Å². The van der Waals surface area contributed by atoms with Crippen molar-refractivity contribution in [3.8, 4) is 5.75 Å². The van der Waals surface area contributed by atoms with Gasteiger partial charge < -0.3 is 15.3 Å². The van der Waals surface area contributed by atoms with E-state index >= 15 is 0 Å². The number of anilines is 3. The van der Waals surface area contributed by atoms with Gasteiger partial charge in [-0.2, -0.15) is 0 Å². The highest BCUT2D eigenvalue weighted by Crippen LogP contribution is 2.54. The largest absolute Gasteiger partial charge is 0.508 e. The summed E-state index contributed by atoms with van der Waals surface area (Å²) in [5.74, 6) is -2.22. The first-order chi connectivity index (χ1) is 20.8. The molecule has 0 radical (unpaired) electrons. The topological polar surface area (TPSA) is 112 Å².